The summed E-state index contributed by atoms with van der Waals surface area (Å²) >= 11 is 0. The van der Waals surface area contributed by atoms with E-state index in [-0.39, 0.29) is 12.5 Å². The molecule has 0 N–H and O–H groups in total. The maximum Gasteiger partial charge on any atom is 0.340 e. The monoisotopic (exact) mass is 314 g/mol. The molecule has 1 amide bonds. The molecule has 0 unspecified atom stereocenters. The van der Waals surface area contributed by atoms with Gasteiger partial charge in [-0.25, -0.2) is 4.79 Å². The van der Waals surface area contributed by atoms with E-state index in [1.165, 1.54) is 11.1 Å². The summed E-state index contributed by atoms with van der Waals surface area (Å²) in [5.74, 6) is -0.162. The highest BCUT2D eigenvalue weighted by atomic mass is 16.5. The van der Waals surface area contributed by atoms with Crippen LogP contribution in [0.25, 0.3) is 0 Å². The Morgan fingerprint density at radius 2 is 1.96 bits per heavy atom. The molecule has 1 aromatic heterocycles. The second kappa shape index (κ2) is 7.93. The first kappa shape index (κ1) is 16.5. The van der Waals surface area contributed by atoms with Crippen LogP contribution in [-0.2, 0) is 16.1 Å². The van der Waals surface area contributed by atoms with Gasteiger partial charge in [0.1, 0.15) is 5.75 Å². The number of nitrogens with zero attached hydrogens (tertiary/aromatic N) is 2. The molecule has 2 rings (SSSR count). The predicted molar refractivity (Wildman–Crippen MR) is 84.0 cm³/mol. The maximum absolute atomic E-state index is 12.1. The van der Waals surface area contributed by atoms with E-state index >= 15 is 0 Å². The lowest BCUT2D eigenvalue weighted by Gasteiger charge is -2.18. The van der Waals surface area contributed by atoms with Gasteiger partial charge in [0.25, 0.3) is 5.91 Å². The standard InChI is InChI=1S/C17H18N2O4/c1-19(11-14-6-3-4-8-15(14)22-2)16(20)12-23-17(21)13-7-5-9-18-10-13/h3-10H,11-12H2,1-2H3. The Bertz CT molecular complexity index is 673. The molecule has 0 fully saturated rings. The molecule has 0 bridgehead atoms. The molecule has 0 saturated heterocycles. The zero-order valence-corrected chi connectivity index (χ0v) is 13.1. The first-order valence-electron chi connectivity index (χ1n) is 7.05. The number of carbonyl (C=O) groups excluding carboxylic acids is 2. The van der Waals surface area contributed by atoms with Crippen LogP contribution in [0.15, 0.2) is 48.8 Å². The van der Waals surface area contributed by atoms with Gasteiger partial charge >= 0.3 is 5.97 Å². The smallest absolute Gasteiger partial charge is 0.340 e. The van der Waals surface area contributed by atoms with Crippen LogP contribution in [0, 0.1) is 0 Å². The lowest BCUT2D eigenvalue weighted by atomic mass is 10.2. The second-order valence-electron chi connectivity index (χ2n) is 4.88. The number of esters is 1. The summed E-state index contributed by atoms with van der Waals surface area (Å²) in [4.78, 5) is 29.2. The molecule has 0 aliphatic carbocycles. The molecule has 0 spiro atoms. The van der Waals surface area contributed by atoms with Crippen molar-refractivity contribution in [3.63, 3.8) is 0 Å². The summed E-state index contributed by atoms with van der Waals surface area (Å²) in [7, 11) is 3.23. The largest absolute Gasteiger partial charge is 0.496 e. The minimum absolute atomic E-state index is 0.298. The fraction of sp³-hybridized carbons (Fsp3) is 0.235. The van der Waals surface area contributed by atoms with Crippen molar-refractivity contribution < 1.29 is 19.1 Å². The third-order valence-electron chi connectivity index (χ3n) is 3.25. The van der Waals surface area contributed by atoms with Crippen LogP contribution in [0.2, 0.25) is 0 Å². The molecule has 23 heavy (non-hydrogen) atoms. The highest BCUT2D eigenvalue weighted by molar-refractivity contribution is 5.90. The van der Waals surface area contributed by atoms with Crippen LogP contribution < -0.4 is 4.74 Å². The number of pyridine rings is 1. The van der Waals surface area contributed by atoms with Crippen molar-refractivity contribution in [1.82, 2.24) is 9.88 Å². The molecule has 1 aromatic carbocycles. The second-order valence-corrected chi connectivity index (χ2v) is 4.88. The molecule has 6 nitrogen and oxygen atoms in total. The number of aromatic nitrogens is 1. The summed E-state index contributed by atoms with van der Waals surface area (Å²) in [6, 6.07) is 10.7. The molecule has 0 radical (unpaired) electrons. The number of ether oxygens (including phenoxy) is 2. The van der Waals surface area contributed by atoms with Crippen molar-refractivity contribution in [3.05, 3.63) is 59.9 Å². The van der Waals surface area contributed by atoms with E-state index in [0.29, 0.717) is 17.9 Å². The van der Waals surface area contributed by atoms with E-state index in [0.717, 1.165) is 5.56 Å². The van der Waals surface area contributed by atoms with Gasteiger partial charge in [-0.3, -0.25) is 9.78 Å². The Morgan fingerprint density at radius 3 is 2.65 bits per heavy atom. The van der Waals surface area contributed by atoms with Crippen molar-refractivity contribution >= 4 is 11.9 Å². The van der Waals surface area contributed by atoms with Gasteiger partial charge in [-0.15, -0.1) is 0 Å². The van der Waals surface area contributed by atoms with Crippen LogP contribution in [-0.4, -0.2) is 42.5 Å². The molecule has 0 aliphatic rings. The number of amides is 1. The van der Waals surface area contributed by atoms with E-state index in [1.807, 2.05) is 24.3 Å². The summed E-state index contributed by atoms with van der Waals surface area (Å²) in [5.41, 5.74) is 1.19. The van der Waals surface area contributed by atoms with Crippen LogP contribution in [0.1, 0.15) is 15.9 Å². The fourth-order valence-corrected chi connectivity index (χ4v) is 1.98. The number of carbonyl (C=O) groups is 2. The number of rotatable bonds is 6. The van der Waals surface area contributed by atoms with E-state index in [4.69, 9.17) is 9.47 Å². The zero-order valence-electron chi connectivity index (χ0n) is 13.1. The minimum atomic E-state index is -0.572. The summed E-state index contributed by atoms with van der Waals surface area (Å²) in [6.45, 7) is 0.0483. The average molecular weight is 314 g/mol. The number of para-hydroxylation sites is 1. The molecular weight excluding hydrogens is 296 g/mol. The predicted octanol–water partition coefficient (Wildman–Crippen LogP) is 1.91. The normalized spacial score (nSPS) is 10.0. The van der Waals surface area contributed by atoms with Crippen LogP contribution in [0.5, 0.6) is 5.75 Å². The van der Waals surface area contributed by atoms with Crippen LogP contribution >= 0.6 is 0 Å². The highest BCUT2D eigenvalue weighted by Gasteiger charge is 2.15. The van der Waals surface area contributed by atoms with Gasteiger partial charge in [-0.05, 0) is 18.2 Å². The van der Waals surface area contributed by atoms with Gasteiger partial charge in [0.2, 0.25) is 0 Å². The highest BCUT2D eigenvalue weighted by Crippen LogP contribution is 2.18. The molecule has 1 heterocycles. The zero-order chi connectivity index (χ0) is 16.7. The van der Waals surface area contributed by atoms with E-state index in [9.17, 15) is 9.59 Å². The SMILES string of the molecule is COc1ccccc1CN(C)C(=O)COC(=O)c1cccnc1. The van der Waals surface area contributed by atoms with Crippen molar-refractivity contribution in [2.24, 2.45) is 0 Å². The van der Waals surface area contributed by atoms with Crippen LogP contribution in [0.4, 0.5) is 0 Å². The first-order valence-corrected chi connectivity index (χ1v) is 7.05. The molecule has 0 atom stereocenters. The van der Waals surface area contributed by atoms with Crippen molar-refractivity contribution in [2.45, 2.75) is 6.54 Å². The fourth-order valence-electron chi connectivity index (χ4n) is 1.98. The number of hydrogen-bond donors (Lipinski definition) is 0. The Hall–Kier alpha value is -2.89. The van der Waals surface area contributed by atoms with Crippen LogP contribution in [0.3, 0.4) is 0 Å². The Labute approximate surface area is 134 Å². The van der Waals surface area contributed by atoms with E-state index < -0.39 is 5.97 Å². The first-order chi connectivity index (χ1) is 11.1. The van der Waals surface area contributed by atoms with Gasteiger partial charge in [0.05, 0.1) is 12.7 Å². The van der Waals surface area contributed by atoms with Gasteiger partial charge < -0.3 is 14.4 Å². The van der Waals surface area contributed by atoms with Crippen molar-refractivity contribution in [1.29, 1.82) is 0 Å². The average Bonchev–Trinajstić information content (AvgIpc) is 2.60. The lowest BCUT2D eigenvalue weighted by Crippen LogP contribution is -2.31. The van der Waals surface area contributed by atoms with E-state index in [1.54, 1.807) is 32.5 Å². The quantitative estimate of drug-likeness (QED) is 0.762. The topological polar surface area (TPSA) is 68.7 Å². The molecule has 6 heteroatoms. The molecule has 2 aromatic rings. The van der Waals surface area contributed by atoms with Gasteiger partial charge in [-0.2, -0.15) is 0 Å². The number of benzene rings is 1. The molecule has 0 aliphatic heterocycles. The maximum atomic E-state index is 12.1. The lowest BCUT2D eigenvalue weighted by molar-refractivity contribution is -0.133. The summed E-state index contributed by atoms with van der Waals surface area (Å²) in [6.07, 6.45) is 2.95. The van der Waals surface area contributed by atoms with Gasteiger partial charge in [-0.1, -0.05) is 18.2 Å². The molecular formula is C17H18N2O4. The number of hydrogen-bond acceptors (Lipinski definition) is 5. The Kier molecular flexibility index (Phi) is 5.68. The number of likely N-dealkylation sites (N-methyl/N-ethyl adjacent to an activating group) is 1. The molecule has 120 valence electrons. The Morgan fingerprint density at radius 1 is 1.17 bits per heavy atom. The summed E-state index contributed by atoms with van der Waals surface area (Å²) in [5, 5.41) is 0. The third-order valence-corrected chi connectivity index (χ3v) is 3.25. The third kappa shape index (κ3) is 4.54. The molecule has 0 saturated carbocycles. The van der Waals surface area contributed by atoms with E-state index in [2.05, 4.69) is 4.98 Å². The van der Waals surface area contributed by atoms with Gasteiger partial charge in [0.15, 0.2) is 6.61 Å². The van der Waals surface area contributed by atoms with Crippen molar-refractivity contribution in [2.75, 3.05) is 20.8 Å². The summed E-state index contributed by atoms with van der Waals surface area (Å²) < 4.78 is 10.3. The Balaban J connectivity index is 1.89. The number of methoxy groups -OCH3 is 1. The van der Waals surface area contributed by atoms with Crippen molar-refractivity contribution in [3.8, 4) is 5.75 Å². The minimum Gasteiger partial charge on any atom is -0.496 e. The van der Waals surface area contributed by atoms with Gasteiger partial charge in [0, 0.05) is 31.5 Å².